The van der Waals surface area contributed by atoms with E-state index in [0.717, 1.165) is 57.7 Å². The molecule has 10 heteroatoms. The van der Waals surface area contributed by atoms with Crippen LogP contribution in [-0.2, 0) is 14.4 Å². The quantitative estimate of drug-likeness (QED) is 0.328. The first kappa shape index (κ1) is 24.3. The average molecular weight is 495 g/mol. The van der Waals surface area contributed by atoms with Gasteiger partial charge < -0.3 is 25.8 Å². The molecule has 0 aromatic carbocycles. The highest BCUT2D eigenvalue weighted by atomic mass is 32.2. The number of rotatable bonds is 6. The molecule has 3 unspecified atom stereocenters. The number of nitrogens with two attached hydrogens (primary N) is 1. The van der Waals surface area contributed by atoms with Crippen LogP contribution in [0.15, 0.2) is 0 Å². The first-order valence-electron chi connectivity index (χ1n) is 13.5. The molecule has 0 aromatic heterocycles. The summed E-state index contributed by atoms with van der Waals surface area (Å²) in [7, 11) is 0. The van der Waals surface area contributed by atoms with Crippen molar-refractivity contribution in [1.82, 2.24) is 20.4 Å². The monoisotopic (exact) mass is 494 g/mol. The van der Waals surface area contributed by atoms with Gasteiger partial charge in [-0.25, -0.2) is 0 Å². The van der Waals surface area contributed by atoms with Gasteiger partial charge in [-0.15, -0.1) is 11.8 Å². The maximum Gasteiger partial charge on any atom is 0.278 e. The third kappa shape index (κ3) is 5.55. The molecule has 0 bridgehead atoms. The van der Waals surface area contributed by atoms with E-state index in [0.29, 0.717) is 25.6 Å². The summed E-state index contributed by atoms with van der Waals surface area (Å²) in [5.41, 5.74) is 0. The highest BCUT2D eigenvalue weighted by molar-refractivity contribution is 8.00. The number of nitrogens with one attached hydrogen (secondary N) is 3. The van der Waals surface area contributed by atoms with Gasteiger partial charge in [0.2, 0.25) is 11.8 Å². The van der Waals surface area contributed by atoms with Crippen LogP contribution in [0.3, 0.4) is 0 Å². The van der Waals surface area contributed by atoms with Crippen LogP contribution < -0.4 is 20.9 Å². The predicted molar refractivity (Wildman–Crippen MR) is 130 cm³/mol. The van der Waals surface area contributed by atoms with Crippen molar-refractivity contribution in [3.05, 3.63) is 0 Å². The fourth-order valence-corrected chi connectivity index (χ4v) is 7.81. The molecule has 6 atom stereocenters. The summed E-state index contributed by atoms with van der Waals surface area (Å²) in [6.07, 6.45) is 8.63. The summed E-state index contributed by atoms with van der Waals surface area (Å²) in [5, 5.41) is 8.83. The van der Waals surface area contributed by atoms with E-state index >= 15 is 0 Å². The number of hydrogen-bond donors (Lipinski definition) is 4. The lowest BCUT2D eigenvalue weighted by molar-refractivity contribution is -0.930. The summed E-state index contributed by atoms with van der Waals surface area (Å²) in [5.74, 6) is 1.56. The number of fused-ring (bicyclic) bond motifs is 1. The fraction of sp³-hybridized carbons (Fsp3) is 0.875. The summed E-state index contributed by atoms with van der Waals surface area (Å²) in [6.45, 7) is 6.26. The molecule has 0 aliphatic carbocycles. The number of thioether (sulfide) groups is 1. The van der Waals surface area contributed by atoms with Crippen molar-refractivity contribution in [2.45, 2.75) is 80.9 Å². The normalized spacial score (nSPS) is 36.7. The first-order chi connectivity index (χ1) is 16.6. The Morgan fingerprint density at radius 2 is 2.00 bits per heavy atom. The molecule has 5 heterocycles. The smallest absolute Gasteiger partial charge is 0.278 e. The minimum Gasteiger partial charge on any atom is -0.346 e. The fourth-order valence-electron chi connectivity index (χ4n) is 6.64. The van der Waals surface area contributed by atoms with Crippen LogP contribution in [0, 0.1) is 0 Å². The number of piperidine rings is 1. The molecule has 0 spiro atoms. The third-order valence-corrected chi connectivity index (χ3v) is 9.99. The van der Waals surface area contributed by atoms with E-state index in [1.807, 2.05) is 4.90 Å². The lowest BCUT2D eigenvalue weighted by Crippen LogP contribution is -3.21. The van der Waals surface area contributed by atoms with E-state index in [1.165, 1.54) is 30.7 Å². The van der Waals surface area contributed by atoms with Gasteiger partial charge in [0.05, 0.1) is 30.9 Å². The lowest BCUT2D eigenvalue weighted by Gasteiger charge is -2.39. The molecule has 0 saturated carbocycles. The van der Waals surface area contributed by atoms with Crippen molar-refractivity contribution >= 4 is 29.5 Å². The second-order valence-electron chi connectivity index (χ2n) is 10.8. The minimum atomic E-state index is -0.106. The number of carbonyl (C=O) groups excluding carboxylic acids is 3. The van der Waals surface area contributed by atoms with Gasteiger partial charge in [-0.2, -0.15) is 0 Å². The molecule has 9 nitrogen and oxygen atoms in total. The van der Waals surface area contributed by atoms with Gasteiger partial charge >= 0.3 is 0 Å². The Labute approximate surface area is 207 Å². The number of nitrogens with zero attached hydrogens (tertiary/aromatic N) is 2. The van der Waals surface area contributed by atoms with Crippen LogP contribution in [0.4, 0.5) is 0 Å². The number of hydrogen-bond acceptors (Lipinski definition) is 5. The molecular weight excluding hydrogens is 452 g/mol. The SMILES string of the molecule is O=C(N[C@H]1C[C@H]2C(=O)NC[C@@H](CCC(=O)N3CCN(C4CCCC[NH2+]4)CC3)[NH+]2C1)C1CCCS1. The van der Waals surface area contributed by atoms with Crippen molar-refractivity contribution in [2.24, 2.45) is 0 Å². The van der Waals surface area contributed by atoms with Crippen LogP contribution in [-0.4, -0.2) is 109 Å². The Bertz CT molecular complexity index is 749. The van der Waals surface area contributed by atoms with Gasteiger partial charge in [-0.1, -0.05) is 0 Å². The van der Waals surface area contributed by atoms with E-state index in [-0.39, 0.29) is 41.1 Å². The molecule has 0 aromatic rings. The van der Waals surface area contributed by atoms with Gasteiger partial charge in [-0.3, -0.25) is 19.3 Å². The van der Waals surface area contributed by atoms with Crippen LogP contribution in [0.2, 0.25) is 0 Å². The van der Waals surface area contributed by atoms with E-state index in [9.17, 15) is 14.4 Å². The zero-order valence-corrected chi connectivity index (χ0v) is 21.1. The molecule has 0 radical (unpaired) electrons. The Balaban J connectivity index is 1.08. The van der Waals surface area contributed by atoms with Gasteiger partial charge in [0.1, 0.15) is 12.2 Å². The summed E-state index contributed by atoms with van der Waals surface area (Å²) >= 11 is 1.75. The Kier molecular flexibility index (Phi) is 7.97. The van der Waals surface area contributed by atoms with E-state index in [2.05, 4.69) is 20.9 Å². The van der Waals surface area contributed by atoms with Gasteiger partial charge in [-0.05, 0) is 31.4 Å². The van der Waals surface area contributed by atoms with Crippen LogP contribution >= 0.6 is 11.8 Å². The number of carbonyl (C=O) groups is 3. The van der Waals surface area contributed by atoms with E-state index in [4.69, 9.17) is 0 Å². The molecule has 190 valence electrons. The average Bonchev–Trinajstić information content (AvgIpc) is 3.55. The maximum absolute atomic E-state index is 13.0. The highest BCUT2D eigenvalue weighted by Crippen LogP contribution is 2.26. The molecule has 3 amide bonds. The summed E-state index contributed by atoms with van der Waals surface area (Å²) in [6, 6.07) is 0.193. The molecule has 34 heavy (non-hydrogen) atoms. The van der Waals surface area contributed by atoms with Crippen LogP contribution in [0.5, 0.6) is 0 Å². The van der Waals surface area contributed by atoms with E-state index < -0.39 is 0 Å². The molecule has 5 aliphatic heterocycles. The number of piperazine rings is 2. The van der Waals surface area contributed by atoms with Crippen LogP contribution in [0.25, 0.3) is 0 Å². The summed E-state index contributed by atoms with van der Waals surface area (Å²) < 4.78 is 0. The zero-order valence-electron chi connectivity index (χ0n) is 20.3. The molecular formula is C24H42N6O3S+2. The van der Waals surface area contributed by atoms with Gasteiger partial charge in [0.15, 0.2) is 6.04 Å². The van der Waals surface area contributed by atoms with Crippen molar-refractivity contribution in [3.8, 4) is 0 Å². The number of amides is 3. The van der Waals surface area contributed by atoms with Crippen molar-refractivity contribution in [1.29, 1.82) is 0 Å². The molecule has 5 N–H and O–H groups in total. The standard InChI is InChI=1S/C24H40N6O3S/c31-22(29-11-9-28(10-12-29)21-5-1-2-8-25-21)7-6-18-15-26-23(32)19-14-17(16-30(18)19)27-24(33)20-4-3-13-34-20/h17-21,25H,1-16H2,(H,26,32)(H,27,33)/p+2/t17-,18+,19-,20?,21?/m0/s1. The molecule has 5 fully saturated rings. The Morgan fingerprint density at radius 3 is 2.74 bits per heavy atom. The Hall–Kier alpha value is -1.36. The van der Waals surface area contributed by atoms with Crippen LogP contribution in [0.1, 0.15) is 51.4 Å². The molecule has 5 saturated heterocycles. The molecule has 5 aliphatic rings. The highest BCUT2D eigenvalue weighted by Gasteiger charge is 2.48. The van der Waals surface area contributed by atoms with Crippen molar-refractivity contribution < 1.29 is 24.6 Å². The largest absolute Gasteiger partial charge is 0.346 e. The Morgan fingerprint density at radius 1 is 1.15 bits per heavy atom. The number of quaternary nitrogens is 2. The molecule has 5 rings (SSSR count). The van der Waals surface area contributed by atoms with Crippen molar-refractivity contribution in [2.75, 3.05) is 51.6 Å². The summed E-state index contributed by atoms with van der Waals surface area (Å²) in [4.78, 5) is 43.9. The van der Waals surface area contributed by atoms with Gasteiger partial charge in [0, 0.05) is 51.9 Å². The first-order valence-corrected chi connectivity index (χ1v) is 14.5. The van der Waals surface area contributed by atoms with Gasteiger partial charge in [0.25, 0.3) is 5.91 Å². The topological polar surface area (TPSA) is 103 Å². The minimum absolute atomic E-state index is 0.0559. The van der Waals surface area contributed by atoms with E-state index in [1.54, 1.807) is 11.8 Å². The second kappa shape index (κ2) is 11.1. The maximum atomic E-state index is 13.0. The lowest BCUT2D eigenvalue weighted by atomic mass is 10.0. The van der Waals surface area contributed by atoms with Crippen molar-refractivity contribution in [3.63, 3.8) is 0 Å². The zero-order chi connectivity index (χ0) is 23.5. The predicted octanol–water partition coefficient (Wildman–Crippen LogP) is -2.48. The third-order valence-electron chi connectivity index (χ3n) is 8.62. The second-order valence-corrected chi connectivity index (χ2v) is 12.1.